The fraction of sp³-hybridized carbons (Fsp3) is 0.316. The van der Waals surface area contributed by atoms with E-state index in [0.717, 1.165) is 18.2 Å². The summed E-state index contributed by atoms with van der Waals surface area (Å²) in [7, 11) is 0. The van der Waals surface area contributed by atoms with Crippen LogP contribution in [0.4, 0.5) is 8.78 Å². The molecule has 2 rings (SSSR count). The average Bonchev–Trinajstić information content (AvgIpc) is 3.17. The normalized spacial score (nSPS) is 11.8. The molecule has 0 saturated carbocycles. The van der Waals surface area contributed by atoms with Gasteiger partial charge in [-0.3, -0.25) is 14.4 Å². The lowest BCUT2D eigenvalue weighted by atomic mass is 10.0. The Labute approximate surface area is 160 Å². The summed E-state index contributed by atoms with van der Waals surface area (Å²) in [6, 6.07) is 5.14. The minimum Gasteiger partial charge on any atom is -0.459 e. The van der Waals surface area contributed by atoms with Crippen molar-refractivity contribution in [3.05, 3.63) is 59.6 Å². The van der Waals surface area contributed by atoms with Crippen LogP contribution in [0.1, 0.15) is 34.8 Å². The largest absolute Gasteiger partial charge is 0.459 e. The van der Waals surface area contributed by atoms with Gasteiger partial charge in [-0.05, 0) is 30.2 Å². The number of hydrogen-bond donors (Lipinski definition) is 3. The van der Waals surface area contributed by atoms with E-state index in [1.807, 2.05) is 0 Å². The summed E-state index contributed by atoms with van der Waals surface area (Å²) in [6.45, 7) is 3.59. The van der Waals surface area contributed by atoms with Gasteiger partial charge in [0.25, 0.3) is 11.8 Å². The molecular weight excluding hydrogens is 372 g/mol. The van der Waals surface area contributed by atoms with Crippen molar-refractivity contribution in [1.29, 1.82) is 0 Å². The summed E-state index contributed by atoms with van der Waals surface area (Å²) in [4.78, 5) is 36.3. The van der Waals surface area contributed by atoms with Crippen molar-refractivity contribution >= 4 is 17.7 Å². The van der Waals surface area contributed by atoms with E-state index >= 15 is 0 Å². The molecule has 0 bridgehead atoms. The molecule has 7 nitrogen and oxygen atoms in total. The number of halogens is 2. The number of hydrogen-bond acceptors (Lipinski definition) is 4. The van der Waals surface area contributed by atoms with Gasteiger partial charge in [-0.25, -0.2) is 8.78 Å². The van der Waals surface area contributed by atoms with Crippen LogP contribution in [0, 0.1) is 17.6 Å². The third-order valence-electron chi connectivity index (χ3n) is 3.88. The second-order valence-corrected chi connectivity index (χ2v) is 6.32. The van der Waals surface area contributed by atoms with Gasteiger partial charge in [-0.1, -0.05) is 19.9 Å². The molecule has 9 heteroatoms. The van der Waals surface area contributed by atoms with E-state index in [1.54, 1.807) is 19.9 Å². The number of nitrogens with one attached hydrogen (secondary N) is 3. The van der Waals surface area contributed by atoms with Crippen LogP contribution in [0.25, 0.3) is 0 Å². The first-order valence-corrected chi connectivity index (χ1v) is 8.65. The van der Waals surface area contributed by atoms with Crippen molar-refractivity contribution < 1.29 is 27.6 Å². The fourth-order valence-corrected chi connectivity index (χ4v) is 2.43. The molecule has 0 spiro atoms. The van der Waals surface area contributed by atoms with Crippen molar-refractivity contribution in [2.24, 2.45) is 5.92 Å². The van der Waals surface area contributed by atoms with Crippen molar-refractivity contribution in [3.8, 4) is 0 Å². The molecule has 1 heterocycles. The zero-order chi connectivity index (χ0) is 20.7. The van der Waals surface area contributed by atoms with E-state index in [-0.39, 0.29) is 24.8 Å². The molecule has 0 aliphatic rings. The Bertz CT molecular complexity index is 817. The Morgan fingerprint density at radius 2 is 1.61 bits per heavy atom. The van der Waals surface area contributed by atoms with Gasteiger partial charge in [0.15, 0.2) is 5.76 Å². The van der Waals surface area contributed by atoms with Crippen molar-refractivity contribution in [2.75, 3.05) is 13.1 Å². The minimum absolute atomic E-state index is 0.0957. The maximum atomic E-state index is 13.7. The number of furan rings is 1. The van der Waals surface area contributed by atoms with Crippen molar-refractivity contribution in [2.45, 2.75) is 19.9 Å². The van der Waals surface area contributed by atoms with E-state index in [0.29, 0.717) is 0 Å². The first-order chi connectivity index (χ1) is 13.3. The monoisotopic (exact) mass is 393 g/mol. The highest BCUT2D eigenvalue weighted by atomic mass is 19.1. The smallest absolute Gasteiger partial charge is 0.287 e. The molecular formula is C19H21F2N3O4. The maximum absolute atomic E-state index is 13.7. The summed E-state index contributed by atoms with van der Waals surface area (Å²) < 4.78 is 32.4. The molecule has 3 N–H and O–H groups in total. The van der Waals surface area contributed by atoms with Crippen LogP contribution in [-0.2, 0) is 4.79 Å². The lowest BCUT2D eigenvalue weighted by molar-refractivity contribution is -0.123. The van der Waals surface area contributed by atoms with E-state index in [4.69, 9.17) is 4.42 Å². The molecule has 0 aliphatic carbocycles. The summed E-state index contributed by atoms with van der Waals surface area (Å²) in [6.07, 6.45) is 1.37. The third-order valence-corrected chi connectivity index (χ3v) is 3.88. The molecule has 150 valence electrons. The Kier molecular flexibility index (Phi) is 7.25. The zero-order valence-electron chi connectivity index (χ0n) is 15.4. The van der Waals surface area contributed by atoms with Crippen LogP contribution in [0.5, 0.6) is 0 Å². The third kappa shape index (κ3) is 5.38. The molecule has 1 unspecified atom stereocenters. The molecule has 0 radical (unpaired) electrons. The standard InChI is InChI=1S/C19H21F2N3O4/c1-11(2)16(24-18(26)15-12(20)5-3-6-13(15)21)19(27)23-9-8-22-17(25)14-7-4-10-28-14/h3-7,10-11,16H,8-9H2,1-2H3,(H,22,25)(H,23,27)(H,24,26). The molecule has 2 aromatic rings. The lowest BCUT2D eigenvalue weighted by Crippen LogP contribution is -2.51. The molecule has 28 heavy (non-hydrogen) atoms. The number of carbonyl (C=O) groups excluding carboxylic acids is 3. The molecule has 1 aromatic carbocycles. The van der Waals surface area contributed by atoms with Crippen LogP contribution >= 0.6 is 0 Å². The zero-order valence-corrected chi connectivity index (χ0v) is 15.4. The van der Waals surface area contributed by atoms with Gasteiger partial charge in [0.2, 0.25) is 5.91 Å². The van der Waals surface area contributed by atoms with Crippen LogP contribution in [0.2, 0.25) is 0 Å². The number of benzene rings is 1. The predicted octanol–water partition coefficient (Wildman–Crippen LogP) is 1.86. The maximum Gasteiger partial charge on any atom is 0.287 e. The Morgan fingerprint density at radius 1 is 0.964 bits per heavy atom. The summed E-state index contributed by atoms with van der Waals surface area (Å²) >= 11 is 0. The lowest BCUT2D eigenvalue weighted by Gasteiger charge is -2.22. The first kappa shape index (κ1) is 21.1. The highest BCUT2D eigenvalue weighted by Gasteiger charge is 2.27. The second kappa shape index (κ2) is 9.63. The Balaban J connectivity index is 1.89. The second-order valence-electron chi connectivity index (χ2n) is 6.32. The first-order valence-electron chi connectivity index (χ1n) is 8.65. The van der Waals surface area contributed by atoms with Crippen molar-refractivity contribution in [1.82, 2.24) is 16.0 Å². The summed E-state index contributed by atoms with van der Waals surface area (Å²) in [5, 5.41) is 7.47. The highest BCUT2D eigenvalue weighted by molar-refractivity contribution is 5.98. The van der Waals surface area contributed by atoms with E-state index in [1.165, 1.54) is 12.3 Å². The Hall–Kier alpha value is -3.23. The Morgan fingerprint density at radius 3 is 2.18 bits per heavy atom. The predicted molar refractivity (Wildman–Crippen MR) is 96.5 cm³/mol. The molecule has 0 fully saturated rings. The van der Waals surface area contributed by atoms with Gasteiger partial charge in [0.1, 0.15) is 23.2 Å². The van der Waals surface area contributed by atoms with Gasteiger partial charge in [0, 0.05) is 13.1 Å². The molecule has 3 amide bonds. The average molecular weight is 393 g/mol. The van der Waals surface area contributed by atoms with Gasteiger partial charge in [0.05, 0.1) is 6.26 Å². The minimum atomic E-state index is -1.02. The van der Waals surface area contributed by atoms with Crippen LogP contribution in [-0.4, -0.2) is 36.9 Å². The SMILES string of the molecule is CC(C)C(NC(=O)c1c(F)cccc1F)C(=O)NCCNC(=O)c1ccco1. The topological polar surface area (TPSA) is 100 Å². The van der Waals surface area contributed by atoms with Gasteiger partial charge in [-0.2, -0.15) is 0 Å². The molecule has 1 atom stereocenters. The van der Waals surface area contributed by atoms with Gasteiger partial charge >= 0.3 is 0 Å². The van der Waals surface area contributed by atoms with Crippen LogP contribution in [0.15, 0.2) is 41.0 Å². The highest BCUT2D eigenvalue weighted by Crippen LogP contribution is 2.13. The molecule has 0 saturated heterocycles. The fourth-order valence-electron chi connectivity index (χ4n) is 2.43. The summed E-state index contributed by atoms with van der Waals surface area (Å²) in [5.41, 5.74) is -0.744. The van der Waals surface area contributed by atoms with E-state index in [9.17, 15) is 23.2 Å². The van der Waals surface area contributed by atoms with E-state index in [2.05, 4.69) is 16.0 Å². The van der Waals surface area contributed by atoms with Crippen LogP contribution in [0.3, 0.4) is 0 Å². The van der Waals surface area contributed by atoms with Crippen LogP contribution < -0.4 is 16.0 Å². The molecule has 1 aromatic heterocycles. The van der Waals surface area contributed by atoms with Gasteiger partial charge < -0.3 is 20.4 Å². The summed E-state index contributed by atoms with van der Waals surface area (Å²) in [5.74, 6) is -4.20. The number of amides is 3. The molecule has 0 aliphatic heterocycles. The van der Waals surface area contributed by atoms with E-state index < -0.39 is 41.0 Å². The number of carbonyl (C=O) groups is 3. The quantitative estimate of drug-likeness (QED) is 0.596. The number of rotatable bonds is 8. The van der Waals surface area contributed by atoms with Gasteiger partial charge in [-0.15, -0.1) is 0 Å². The van der Waals surface area contributed by atoms with Crippen molar-refractivity contribution in [3.63, 3.8) is 0 Å².